The first kappa shape index (κ1) is 15.3. The van der Waals surface area contributed by atoms with Gasteiger partial charge in [0.05, 0.1) is 5.56 Å². The van der Waals surface area contributed by atoms with Crippen molar-refractivity contribution in [1.82, 2.24) is 10.3 Å². The van der Waals surface area contributed by atoms with E-state index in [1.165, 1.54) is 13.1 Å². The van der Waals surface area contributed by atoms with E-state index in [9.17, 15) is 18.0 Å². The second kappa shape index (κ2) is 5.90. The van der Waals surface area contributed by atoms with Crippen molar-refractivity contribution in [3.05, 3.63) is 23.9 Å². The zero-order valence-electron chi connectivity index (χ0n) is 10.9. The number of alkyl halides is 3. The lowest BCUT2D eigenvalue weighted by Crippen LogP contribution is -2.41. The normalized spacial score (nSPS) is 13.2. The number of hydrogen-bond donors (Lipinski definition) is 2. The lowest BCUT2D eigenvalue weighted by molar-refractivity contribution is -0.137. The Hall–Kier alpha value is -1.79. The maximum absolute atomic E-state index is 12.4. The van der Waals surface area contributed by atoms with Crippen LogP contribution in [0.4, 0.5) is 19.0 Å². The average molecular weight is 275 g/mol. The topological polar surface area (TPSA) is 54.0 Å². The summed E-state index contributed by atoms with van der Waals surface area (Å²) in [6.45, 7) is 3.66. The van der Waals surface area contributed by atoms with E-state index in [1.807, 2.05) is 13.8 Å². The van der Waals surface area contributed by atoms with Crippen molar-refractivity contribution in [2.45, 2.75) is 26.1 Å². The van der Waals surface area contributed by atoms with Crippen LogP contribution in [0.25, 0.3) is 0 Å². The summed E-state index contributed by atoms with van der Waals surface area (Å²) >= 11 is 0. The third-order valence-corrected chi connectivity index (χ3v) is 2.59. The zero-order valence-corrected chi connectivity index (χ0v) is 10.9. The van der Waals surface area contributed by atoms with E-state index < -0.39 is 17.8 Å². The van der Waals surface area contributed by atoms with Gasteiger partial charge in [0.1, 0.15) is 11.9 Å². The molecule has 1 aromatic heterocycles. The number of pyridine rings is 1. The van der Waals surface area contributed by atoms with E-state index in [2.05, 4.69) is 15.6 Å². The molecule has 0 saturated carbocycles. The molecule has 0 aliphatic heterocycles. The number of carbonyl (C=O) groups excluding carboxylic acids is 1. The lowest BCUT2D eigenvalue weighted by Gasteiger charge is -2.21. The molecule has 106 valence electrons. The van der Waals surface area contributed by atoms with Gasteiger partial charge in [-0.3, -0.25) is 4.79 Å². The number of likely N-dealkylation sites (N-methyl/N-ethyl adjacent to an activating group) is 1. The van der Waals surface area contributed by atoms with Gasteiger partial charge in [-0.15, -0.1) is 0 Å². The molecule has 19 heavy (non-hydrogen) atoms. The quantitative estimate of drug-likeness (QED) is 0.886. The Balaban J connectivity index is 2.84. The smallest absolute Gasteiger partial charge is 0.358 e. The minimum Gasteiger partial charge on any atom is -0.358 e. The Morgan fingerprint density at radius 1 is 1.32 bits per heavy atom. The molecule has 0 bridgehead atoms. The SMILES string of the molecule is CNC(=O)C(Nc1ccc(C(F)(F)F)cn1)C(C)C. The van der Waals surface area contributed by atoms with Gasteiger partial charge in [0.25, 0.3) is 0 Å². The first-order valence-electron chi connectivity index (χ1n) is 5.77. The molecule has 2 N–H and O–H groups in total. The monoisotopic (exact) mass is 275 g/mol. The number of nitrogens with zero attached hydrogens (tertiary/aromatic N) is 1. The summed E-state index contributed by atoms with van der Waals surface area (Å²) in [7, 11) is 1.50. The van der Waals surface area contributed by atoms with Crippen molar-refractivity contribution < 1.29 is 18.0 Å². The van der Waals surface area contributed by atoms with Crippen LogP contribution in [0.1, 0.15) is 19.4 Å². The third-order valence-electron chi connectivity index (χ3n) is 2.59. The van der Waals surface area contributed by atoms with Crippen molar-refractivity contribution in [3.63, 3.8) is 0 Å². The zero-order chi connectivity index (χ0) is 14.6. The summed E-state index contributed by atoms with van der Waals surface area (Å²) in [4.78, 5) is 15.3. The molecular formula is C12H16F3N3O. The van der Waals surface area contributed by atoms with Gasteiger partial charge in [0, 0.05) is 13.2 Å². The highest BCUT2D eigenvalue weighted by Crippen LogP contribution is 2.29. The van der Waals surface area contributed by atoms with Crippen LogP contribution in [-0.2, 0) is 11.0 Å². The van der Waals surface area contributed by atoms with Gasteiger partial charge >= 0.3 is 6.18 Å². The third kappa shape index (κ3) is 4.11. The molecule has 1 rings (SSSR count). The van der Waals surface area contributed by atoms with E-state index in [1.54, 1.807) is 0 Å². The van der Waals surface area contributed by atoms with Crippen LogP contribution in [0.15, 0.2) is 18.3 Å². The van der Waals surface area contributed by atoms with Gasteiger partial charge in [-0.1, -0.05) is 13.8 Å². The number of carbonyl (C=O) groups is 1. The molecule has 0 aliphatic carbocycles. The van der Waals surface area contributed by atoms with Crippen LogP contribution >= 0.6 is 0 Å². The lowest BCUT2D eigenvalue weighted by atomic mass is 10.0. The fraction of sp³-hybridized carbons (Fsp3) is 0.500. The van der Waals surface area contributed by atoms with Gasteiger partial charge in [-0.2, -0.15) is 13.2 Å². The van der Waals surface area contributed by atoms with Crippen molar-refractivity contribution in [2.24, 2.45) is 5.92 Å². The Morgan fingerprint density at radius 3 is 2.32 bits per heavy atom. The fourth-order valence-electron chi connectivity index (χ4n) is 1.50. The second-order valence-electron chi connectivity index (χ2n) is 4.41. The number of aromatic nitrogens is 1. The van der Waals surface area contributed by atoms with Gasteiger partial charge in [0.2, 0.25) is 5.91 Å². The molecule has 0 spiro atoms. The second-order valence-corrected chi connectivity index (χ2v) is 4.41. The molecular weight excluding hydrogens is 259 g/mol. The van der Waals surface area contributed by atoms with Gasteiger partial charge in [0.15, 0.2) is 0 Å². The van der Waals surface area contributed by atoms with Crippen LogP contribution in [0.5, 0.6) is 0 Å². The number of amides is 1. The predicted molar refractivity (Wildman–Crippen MR) is 65.6 cm³/mol. The summed E-state index contributed by atoms with van der Waals surface area (Å²) in [5.41, 5.74) is -0.820. The maximum atomic E-state index is 12.4. The summed E-state index contributed by atoms with van der Waals surface area (Å²) in [5, 5.41) is 5.31. The van der Waals surface area contributed by atoms with Crippen LogP contribution in [-0.4, -0.2) is 24.0 Å². The van der Waals surface area contributed by atoms with Crippen LogP contribution in [0.3, 0.4) is 0 Å². The molecule has 1 unspecified atom stereocenters. The highest BCUT2D eigenvalue weighted by molar-refractivity contribution is 5.84. The summed E-state index contributed by atoms with van der Waals surface area (Å²) in [6, 6.07) is 1.59. The van der Waals surface area contributed by atoms with E-state index in [4.69, 9.17) is 0 Å². The molecule has 7 heteroatoms. The van der Waals surface area contributed by atoms with Gasteiger partial charge in [-0.05, 0) is 18.1 Å². The minimum atomic E-state index is -4.41. The molecule has 0 fully saturated rings. The Kier molecular flexibility index (Phi) is 4.74. The number of halogens is 3. The van der Waals surface area contributed by atoms with E-state index >= 15 is 0 Å². The van der Waals surface area contributed by atoms with Crippen LogP contribution in [0.2, 0.25) is 0 Å². The van der Waals surface area contributed by atoms with E-state index in [0.29, 0.717) is 0 Å². The Labute approximate surface area is 109 Å². The largest absolute Gasteiger partial charge is 0.417 e. The van der Waals surface area contributed by atoms with Crippen molar-refractivity contribution >= 4 is 11.7 Å². The highest BCUT2D eigenvalue weighted by Gasteiger charge is 2.31. The standard InChI is InChI=1S/C12H16F3N3O/c1-7(2)10(11(19)16-3)18-9-5-4-8(6-17-9)12(13,14)15/h4-7,10H,1-3H3,(H,16,19)(H,17,18). The van der Waals surface area contributed by atoms with Crippen LogP contribution in [0, 0.1) is 5.92 Å². The Bertz CT molecular complexity index is 429. The van der Waals surface area contributed by atoms with E-state index in [0.717, 1.165) is 12.3 Å². The molecule has 0 aromatic carbocycles. The minimum absolute atomic E-state index is 0.0240. The summed E-state index contributed by atoms with van der Waals surface area (Å²) in [6.07, 6.45) is -3.67. The van der Waals surface area contributed by atoms with Gasteiger partial charge in [-0.25, -0.2) is 4.98 Å². The van der Waals surface area contributed by atoms with Crippen LogP contribution < -0.4 is 10.6 Å². The van der Waals surface area contributed by atoms with E-state index in [-0.39, 0.29) is 17.6 Å². The molecule has 0 aliphatic rings. The van der Waals surface area contributed by atoms with Crippen molar-refractivity contribution in [1.29, 1.82) is 0 Å². The molecule has 1 aromatic rings. The first-order valence-corrected chi connectivity index (χ1v) is 5.77. The number of nitrogens with one attached hydrogen (secondary N) is 2. The Morgan fingerprint density at radius 2 is 1.95 bits per heavy atom. The molecule has 1 heterocycles. The average Bonchev–Trinajstić information content (AvgIpc) is 2.34. The number of anilines is 1. The van der Waals surface area contributed by atoms with Crippen molar-refractivity contribution in [3.8, 4) is 0 Å². The van der Waals surface area contributed by atoms with Crippen molar-refractivity contribution in [2.75, 3.05) is 12.4 Å². The van der Waals surface area contributed by atoms with Gasteiger partial charge < -0.3 is 10.6 Å². The fourth-order valence-corrected chi connectivity index (χ4v) is 1.50. The highest BCUT2D eigenvalue weighted by atomic mass is 19.4. The predicted octanol–water partition coefficient (Wildman–Crippen LogP) is 2.28. The maximum Gasteiger partial charge on any atom is 0.417 e. The molecule has 1 amide bonds. The number of rotatable bonds is 4. The summed E-state index contributed by atoms with van der Waals surface area (Å²) in [5.74, 6) is -0.0314. The molecule has 0 saturated heterocycles. The molecule has 0 radical (unpaired) electrons. The molecule has 1 atom stereocenters. The summed E-state index contributed by atoms with van der Waals surface area (Å²) < 4.78 is 37.1. The first-order chi connectivity index (χ1) is 8.75. The molecule has 4 nitrogen and oxygen atoms in total. The number of hydrogen-bond acceptors (Lipinski definition) is 3.